The SMILES string of the molecule is COC(=O)c1ccc(C[S+]=O)cc1. The Morgan fingerprint density at radius 1 is 1.38 bits per heavy atom. The molecule has 0 radical (unpaired) electrons. The molecular weight excluding hydrogens is 188 g/mol. The highest BCUT2D eigenvalue weighted by Gasteiger charge is 2.06. The molecule has 0 N–H and O–H groups in total. The maximum absolute atomic E-state index is 11.0. The molecule has 0 amide bonds. The fourth-order valence-electron chi connectivity index (χ4n) is 0.923. The van der Waals surface area contributed by atoms with Crippen LogP contribution in [0.4, 0.5) is 0 Å². The summed E-state index contributed by atoms with van der Waals surface area (Å²) in [6.07, 6.45) is 0. The molecule has 0 bridgehead atoms. The summed E-state index contributed by atoms with van der Waals surface area (Å²) in [7, 11) is 1.34. The van der Waals surface area contributed by atoms with Gasteiger partial charge in [0.25, 0.3) is 5.75 Å². The lowest BCUT2D eigenvalue weighted by Gasteiger charge is -1.97. The predicted octanol–water partition coefficient (Wildman–Crippen LogP) is 1.40. The van der Waals surface area contributed by atoms with Crippen molar-refractivity contribution in [1.29, 1.82) is 0 Å². The van der Waals surface area contributed by atoms with Crippen LogP contribution in [0.25, 0.3) is 0 Å². The highest BCUT2D eigenvalue weighted by molar-refractivity contribution is 7.64. The lowest BCUT2D eigenvalue weighted by atomic mass is 10.1. The van der Waals surface area contributed by atoms with Crippen LogP contribution in [0.3, 0.4) is 0 Å². The van der Waals surface area contributed by atoms with Gasteiger partial charge in [0.05, 0.1) is 12.7 Å². The number of methoxy groups -OCH3 is 1. The summed E-state index contributed by atoms with van der Waals surface area (Å²) in [6.45, 7) is 0. The smallest absolute Gasteiger partial charge is 0.463 e. The van der Waals surface area contributed by atoms with Crippen LogP contribution in [0.5, 0.6) is 0 Å². The number of hydrogen-bond donors (Lipinski definition) is 0. The van der Waals surface area contributed by atoms with Crippen LogP contribution < -0.4 is 0 Å². The third-order valence-corrected chi connectivity index (χ3v) is 2.05. The van der Waals surface area contributed by atoms with Crippen molar-refractivity contribution in [2.45, 2.75) is 5.75 Å². The second-order valence-electron chi connectivity index (χ2n) is 2.45. The number of benzene rings is 1. The molecule has 0 saturated heterocycles. The molecule has 0 aliphatic heterocycles. The minimum Gasteiger partial charge on any atom is -0.465 e. The summed E-state index contributed by atoms with van der Waals surface area (Å²) in [5.74, 6) is 0.0582. The Morgan fingerprint density at radius 2 is 2.00 bits per heavy atom. The summed E-state index contributed by atoms with van der Waals surface area (Å²) in [6, 6.07) is 6.79. The van der Waals surface area contributed by atoms with Gasteiger partial charge in [0.1, 0.15) is 0 Å². The highest BCUT2D eigenvalue weighted by atomic mass is 32.1. The van der Waals surface area contributed by atoms with Gasteiger partial charge in [0.2, 0.25) is 0 Å². The summed E-state index contributed by atoms with van der Waals surface area (Å²) >= 11 is 0.509. The normalized spacial score (nSPS) is 9.31. The fraction of sp³-hybridized carbons (Fsp3) is 0.222. The first-order valence-corrected chi connectivity index (χ1v) is 4.61. The number of esters is 1. The largest absolute Gasteiger partial charge is 0.465 e. The zero-order valence-electron chi connectivity index (χ0n) is 7.15. The Morgan fingerprint density at radius 3 is 2.46 bits per heavy atom. The van der Waals surface area contributed by atoms with Crippen molar-refractivity contribution in [2.75, 3.05) is 7.11 Å². The van der Waals surface area contributed by atoms with Crippen LogP contribution in [0.15, 0.2) is 24.3 Å². The molecule has 0 unspecified atom stereocenters. The van der Waals surface area contributed by atoms with Gasteiger partial charge in [0, 0.05) is 9.77 Å². The average molecular weight is 197 g/mol. The van der Waals surface area contributed by atoms with E-state index in [1.54, 1.807) is 24.3 Å². The van der Waals surface area contributed by atoms with Crippen molar-refractivity contribution in [3.8, 4) is 0 Å². The number of ether oxygens (including phenoxy) is 1. The molecule has 0 fully saturated rings. The molecule has 0 heterocycles. The first-order valence-electron chi connectivity index (χ1n) is 3.70. The molecule has 1 rings (SSSR count). The minimum absolute atomic E-state index is 0.360. The van der Waals surface area contributed by atoms with Crippen LogP contribution in [0, 0.1) is 0 Å². The number of carbonyl (C=O) groups excluding carboxylic acids is 1. The van der Waals surface area contributed by atoms with Gasteiger partial charge in [-0.05, 0) is 12.1 Å². The van der Waals surface area contributed by atoms with Crippen molar-refractivity contribution in [1.82, 2.24) is 0 Å². The van der Waals surface area contributed by atoms with E-state index >= 15 is 0 Å². The Kier molecular flexibility index (Phi) is 3.52. The van der Waals surface area contributed by atoms with E-state index < -0.39 is 0 Å². The van der Waals surface area contributed by atoms with E-state index in [0.29, 0.717) is 23.0 Å². The lowest BCUT2D eigenvalue weighted by molar-refractivity contribution is 0.0601. The van der Waals surface area contributed by atoms with Gasteiger partial charge in [0.15, 0.2) is 0 Å². The Bertz CT molecular complexity index is 305. The Hall–Kier alpha value is -1.29. The maximum atomic E-state index is 11.0. The highest BCUT2D eigenvalue weighted by Crippen LogP contribution is 2.05. The quantitative estimate of drug-likeness (QED) is 0.543. The Balaban J connectivity index is 2.80. The molecular formula is C9H9O3S+. The summed E-state index contributed by atoms with van der Waals surface area (Å²) in [4.78, 5) is 11.0. The lowest BCUT2D eigenvalue weighted by Crippen LogP contribution is -2.00. The summed E-state index contributed by atoms with van der Waals surface area (Å²) < 4.78 is 14.7. The van der Waals surface area contributed by atoms with Crippen molar-refractivity contribution in [3.05, 3.63) is 35.4 Å². The van der Waals surface area contributed by atoms with Crippen LogP contribution in [0.1, 0.15) is 15.9 Å². The summed E-state index contributed by atoms with van der Waals surface area (Å²) in [5, 5.41) is 0. The molecule has 68 valence electrons. The van der Waals surface area contributed by atoms with Gasteiger partial charge in [-0.3, -0.25) is 0 Å². The second-order valence-corrected chi connectivity index (χ2v) is 2.98. The molecule has 1 aromatic rings. The number of carbonyl (C=O) groups is 1. The molecule has 13 heavy (non-hydrogen) atoms. The number of rotatable bonds is 3. The van der Waals surface area contributed by atoms with E-state index in [2.05, 4.69) is 4.74 Å². The molecule has 0 saturated carbocycles. The first-order chi connectivity index (χ1) is 6.27. The molecule has 1 aromatic carbocycles. The van der Waals surface area contributed by atoms with Crippen molar-refractivity contribution >= 4 is 17.6 Å². The van der Waals surface area contributed by atoms with E-state index in [0.717, 1.165) is 5.56 Å². The minimum atomic E-state index is -0.360. The van der Waals surface area contributed by atoms with Crippen molar-refractivity contribution in [2.24, 2.45) is 0 Å². The van der Waals surface area contributed by atoms with Crippen molar-refractivity contribution < 1.29 is 13.7 Å². The standard InChI is InChI=1S/C9H9O3S/c1-12-9(10)8-4-2-7(3-5-8)6-13-11/h2-5H,6H2,1H3/q+1. The average Bonchev–Trinajstić information content (AvgIpc) is 2.18. The van der Waals surface area contributed by atoms with Gasteiger partial charge < -0.3 is 4.74 Å². The molecule has 0 atom stereocenters. The van der Waals surface area contributed by atoms with Gasteiger partial charge in [-0.1, -0.05) is 12.1 Å². The Labute approximate surface area is 80.2 Å². The fourth-order valence-corrected chi connectivity index (χ4v) is 1.25. The zero-order valence-corrected chi connectivity index (χ0v) is 7.97. The van der Waals surface area contributed by atoms with E-state index in [4.69, 9.17) is 0 Å². The summed E-state index contributed by atoms with van der Waals surface area (Å²) in [5.41, 5.74) is 1.41. The van der Waals surface area contributed by atoms with Gasteiger partial charge in [-0.2, -0.15) is 0 Å². The number of hydrogen-bond acceptors (Lipinski definition) is 3. The topological polar surface area (TPSA) is 43.4 Å². The van der Waals surface area contributed by atoms with Crippen LogP contribution in [0.2, 0.25) is 0 Å². The molecule has 0 aliphatic carbocycles. The third kappa shape index (κ3) is 2.59. The van der Waals surface area contributed by atoms with Gasteiger partial charge in [-0.15, -0.1) is 0 Å². The molecule has 4 heteroatoms. The predicted molar refractivity (Wildman–Crippen MR) is 49.5 cm³/mol. The monoisotopic (exact) mass is 197 g/mol. The second kappa shape index (κ2) is 4.67. The van der Waals surface area contributed by atoms with E-state index in [1.165, 1.54) is 7.11 Å². The van der Waals surface area contributed by atoms with Crippen LogP contribution in [-0.2, 0) is 26.4 Å². The maximum Gasteiger partial charge on any atom is 0.463 e. The molecule has 0 spiro atoms. The molecule has 0 aromatic heterocycles. The van der Waals surface area contributed by atoms with E-state index in [-0.39, 0.29) is 5.97 Å². The zero-order chi connectivity index (χ0) is 9.68. The van der Waals surface area contributed by atoms with Gasteiger partial charge in [-0.25, -0.2) is 4.79 Å². The van der Waals surface area contributed by atoms with Gasteiger partial charge >= 0.3 is 17.6 Å². The molecule has 0 aliphatic rings. The van der Waals surface area contributed by atoms with E-state index in [9.17, 15) is 9.00 Å². The van der Waals surface area contributed by atoms with Crippen LogP contribution >= 0.6 is 0 Å². The van der Waals surface area contributed by atoms with E-state index in [1.807, 2.05) is 0 Å². The first kappa shape index (κ1) is 9.80. The van der Waals surface area contributed by atoms with Crippen LogP contribution in [-0.4, -0.2) is 13.1 Å². The molecule has 3 nitrogen and oxygen atoms in total. The van der Waals surface area contributed by atoms with Crippen molar-refractivity contribution in [3.63, 3.8) is 0 Å². The third-order valence-electron chi connectivity index (χ3n) is 1.60.